The second kappa shape index (κ2) is 2.16. The summed E-state index contributed by atoms with van der Waals surface area (Å²) in [7, 11) is 0. The predicted molar refractivity (Wildman–Crippen MR) is 21.6 cm³/mol. The third kappa shape index (κ3) is 0.954. The number of rotatable bonds is 0. The van der Waals surface area contributed by atoms with Gasteiger partial charge in [0.15, 0.2) is 0 Å². The smallest absolute Gasteiger partial charge is 0.0701 e. The molecule has 1 aliphatic rings. The molecule has 1 aliphatic heterocycles. The van der Waals surface area contributed by atoms with Crippen molar-refractivity contribution in [1.82, 2.24) is 0 Å². The second-order valence-electron chi connectivity index (χ2n) is 0.739. The van der Waals surface area contributed by atoms with Gasteiger partial charge < -0.3 is 9.47 Å². The fraction of sp³-hybridized carbons (Fsp3) is 1.00. The maximum atomic E-state index is 6.99. The van der Waals surface area contributed by atoms with Crippen molar-refractivity contribution in [3.8, 4) is 0 Å². The van der Waals surface area contributed by atoms with Crippen LogP contribution in [0, 0.1) is 0 Å². The summed E-state index contributed by atoms with van der Waals surface area (Å²) in [5.41, 5.74) is 0. The highest BCUT2D eigenvalue weighted by atomic mass is 16.6. The summed E-state index contributed by atoms with van der Waals surface area (Å²) in [5.74, 6) is 0. The molecule has 0 aromatic heterocycles. The van der Waals surface area contributed by atoms with Gasteiger partial charge in [-0.25, -0.2) is 0 Å². The van der Waals surface area contributed by atoms with Crippen molar-refractivity contribution in [3.63, 3.8) is 0 Å². The van der Waals surface area contributed by atoms with Crippen molar-refractivity contribution in [2.24, 2.45) is 0 Å². The Hall–Kier alpha value is -0.0800. The van der Waals surface area contributed by atoms with Crippen LogP contribution in [-0.2, 0) is 9.47 Å². The Bertz CT molecular complexity index is 190. The Morgan fingerprint density at radius 2 is 2.00 bits per heavy atom. The molecule has 0 spiro atoms. The van der Waals surface area contributed by atoms with Crippen LogP contribution in [0.1, 0.15) is 8.22 Å². The highest BCUT2D eigenvalue weighted by Crippen LogP contribution is 1.85. The zero-order chi connectivity index (χ0) is 9.62. The maximum absolute atomic E-state index is 6.99. The molecule has 1 rings (SSSR count). The van der Waals surface area contributed by atoms with Crippen LogP contribution < -0.4 is 0 Å². The lowest BCUT2D eigenvalue weighted by Gasteiger charge is -2.09. The molecule has 0 aliphatic carbocycles. The fourth-order valence-corrected chi connectivity index (χ4v) is 0.181. The van der Waals surface area contributed by atoms with Crippen molar-refractivity contribution in [1.29, 1.82) is 0 Å². The van der Waals surface area contributed by atoms with Gasteiger partial charge in [-0.2, -0.15) is 0 Å². The minimum atomic E-state index is -2.76. The molecule has 0 N–H and O–H groups in total. The van der Waals surface area contributed by atoms with Gasteiger partial charge in [-0.3, -0.25) is 0 Å². The Balaban J connectivity index is 2.82. The lowest BCUT2D eigenvalue weighted by atomic mass is 10.6. The summed E-state index contributed by atoms with van der Waals surface area (Å²) in [6.07, 6.45) is 0. The first-order valence-electron chi connectivity index (χ1n) is 4.50. The molecule has 1 saturated heterocycles. The quantitative estimate of drug-likeness (QED) is 0.421. The van der Waals surface area contributed by atoms with Crippen LogP contribution in [0.2, 0.25) is 0 Å². The van der Waals surface area contributed by atoms with Crippen LogP contribution in [0.4, 0.5) is 0 Å². The van der Waals surface area contributed by atoms with Crippen LogP contribution in [0.15, 0.2) is 0 Å². The van der Waals surface area contributed by atoms with E-state index in [1.807, 2.05) is 0 Å². The summed E-state index contributed by atoms with van der Waals surface area (Å²) in [5, 5.41) is 0. The van der Waals surface area contributed by atoms with E-state index in [0.29, 0.717) is 0 Å². The van der Waals surface area contributed by atoms with E-state index in [1.54, 1.807) is 0 Å². The van der Waals surface area contributed by atoms with Crippen molar-refractivity contribution in [2.45, 2.75) is 0 Å². The summed E-state index contributed by atoms with van der Waals surface area (Å²) in [6.45, 7) is -8.23. The van der Waals surface area contributed by atoms with E-state index in [0.717, 1.165) is 0 Å². The molecule has 0 atom stereocenters. The predicted octanol–water partition coefficient (Wildman–Crippen LogP) is 0.0332. The highest BCUT2D eigenvalue weighted by molar-refractivity contribution is 4.37. The second-order valence-corrected chi connectivity index (χ2v) is 0.739. The van der Waals surface area contributed by atoms with Crippen molar-refractivity contribution in [3.05, 3.63) is 0 Å². The first kappa shape index (κ1) is 1.01. The molecule has 0 aromatic carbocycles. The van der Waals surface area contributed by atoms with E-state index in [4.69, 9.17) is 8.22 Å². The van der Waals surface area contributed by atoms with Crippen LogP contribution in [-0.4, -0.2) is 26.3 Å². The lowest BCUT2D eigenvalue weighted by Crippen LogP contribution is -2.16. The number of hydrogen-bond acceptors (Lipinski definition) is 2. The van der Waals surface area contributed by atoms with Gasteiger partial charge in [0.25, 0.3) is 0 Å². The Kier molecular flexibility index (Phi) is 0.363. The van der Waals surface area contributed by atoms with Gasteiger partial charge in [0.2, 0.25) is 0 Å². The number of hydrogen-bond donors (Lipinski definition) is 0. The van der Waals surface area contributed by atoms with E-state index in [9.17, 15) is 0 Å². The molecular formula is C4H8O2. The third-order valence-corrected chi connectivity index (χ3v) is 0.368. The van der Waals surface area contributed by atoms with E-state index >= 15 is 0 Å². The van der Waals surface area contributed by atoms with E-state index in [1.165, 1.54) is 0 Å². The summed E-state index contributed by atoms with van der Waals surface area (Å²) < 4.78 is 50.5. The summed E-state index contributed by atoms with van der Waals surface area (Å²) >= 11 is 0. The molecule has 36 valence electrons. The zero-order valence-corrected chi connectivity index (χ0v) is 3.02. The average molecular weight is 94.1 g/mol. The monoisotopic (exact) mass is 94.1 g/mol. The fourth-order valence-electron chi connectivity index (χ4n) is 0.181. The Morgan fingerprint density at radius 3 is 2.67 bits per heavy atom. The molecule has 0 radical (unpaired) electrons. The first-order chi connectivity index (χ1) is 5.16. The molecule has 0 aromatic rings. The van der Waals surface area contributed by atoms with Gasteiger partial charge in [-0.15, -0.1) is 0 Å². The standard InChI is InChI=1S/C4H8O2/c1-2-6-4-3-5-1/h1-4H2/i1D2,2D2,3D2. The van der Waals surface area contributed by atoms with Gasteiger partial charge in [0, 0.05) is 0 Å². The first-order valence-corrected chi connectivity index (χ1v) is 1.50. The molecule has 0 saturated carbocycles. The van der Waals surface area contributed by atoms with E-state index in [2.05, 4.69) is 9.47 Å². The zero-order valence-electron chi connectivity index (χ0n) is 9.02. The van der Waals surface area contributed by atoms with Crippen LogP contribution in [0.25, 0.3) is 0 Å². The van der Waals surface area contributed by atoms with Crippen LogP contribution in [0.3, 0.4) is 0 Å². The summed E-state index contributed by atoms with van der Waals surface area (Å²) in [6, 6.07) is 0. The topological polar surface area (TPSA) is 18.5 Å². The number of ether oxygens (including phenoxy) is 2. The van der Waals surface area contributed by atoms with Gasteiger partial charge in [-0.05, 0) is 0 Å². The minimum absolute atomic E-state index is 0.612. The van der Waals surface area contributed by atoms with Crippen LogP contribution >= 0.6 is 0 Å². The van der Waals surface area contributed by atoms with Crippen LogP contribution in [0.5, 0.6) is 0 Å². The molecule has 0 amide bonds. The largest absolute Gasteiger partial charge is 0.377 e. The van der Waals surface area contributed by atoms with Gasteiger partial charge in [0.05, 0.1) is 34.5 Å². The average Bonchev–Trinajstić information content (AvgIpc) is 1.79. The van der Waals surface area contributed by atoms with Gasteiger partial charge in [0.1, 0.15) is 0 Å². The molecule has 1 fully saturated rings. The molecule has 2 nitrogen and oxygen atoms in total. The maximum Gasteiger partial charge on any atom is 0.0701 e. The molecule has 0 unspecified atom stereocenters. The molecule has 2 heteroatoms. The van der Waals surface area contributed by atoms with Crippen molar-refractivity contribution in [2.75, 3.05) is 26.3 Å². The van der Waals surface area contributed by atoms with Crippen molar-refractivity contribution < 1.29 is 17.7 Å². The Morgan fingerprint density at radius 1 is 1.17 bits per heavy atom. The molecule has 0 bridgehead atoms. The van der Waals surface area contributed by atoms with Gasteiger partial charge >= 0.3 is 0 Å². The van der Waals surface area contributed by atoms with Crippen molar-refractivity contribution >= 4 is 0 Å². The molecule has 1 heterocycles. The normalized spacial score (nSPS) is 64.0. The van der Waals surface area contributed by atoms with E-state index in [-0.39, 0.29) is 0 Å². The van der Waals surface area contributed by atoms with Gasteiger partial charge in [-0.1, -0.05) is 0 Å². The van der Waals surface area contributed by atoms with E-state index < -0.39 is 26.3 Å². The SMILES string of the molecule is [2H]C1([2H])COC([2H])([2H])C([2H])([2H])O1. The molecular weight excluding hydrogens is 80.0 g/mol. The highest BCUT2D eigenvalue weighted by Gasteiger charge is 1.94. The Labute approximate surface area is 45.5 Å². The lowest BCUT2D eigenvalue weighted by molar-refractivity contribution is -0.0334. The molecule has 6 heavy (non-hydrogen) atoms. The minimum Gasteiger partial charge on any atom is -0.377 e. The third-order valence-electron chi connectivity index (χ3n) is 0.368. The summed E-state index contributed by atoms with van der Waals surface area (Å²) in [4.78, 5) is 0.